The summed E-state index contributed by atoms with van der Waals surface area (Å²) in [6.45, 7) is 3.63. The van der Waals surface area contributed by atoms with Gasteiger partial charge in [-0.2, -0.15) is 4.39 Å². The van der Waals surface area contributed by atoms with Crippen LogP contribution in [0.5, 0.6) is 5.75 Å². The first kappa shape index (κ1) is 25.9. The van der Waals surface area contributed by atoms with Gasteiger partial charge < -0.3 is 4.74 Å². The molecule has 0 bridgehead atoms. The maximum Gasteiger partial charge on any atom is 0.200 e. The number of hydrogen-bond acceptors (Lipinski definition) is 1. The quantitative estimate of drug-likeness (QED) is 0.362. The molecule has 0 saturated heterocycles. The van der Waals surface area contributed by atoms with Crippen molar-refractivity contribution in [3.8, 4) is 5.75 Å². The summed E-state index contributed by atoms with van der Waals surface area (Å²) in [6.07, 6.45) is 12.4. The molecule has 1 nitrogen and oxygen atoms in total. The molecule has 190 valence electrons. The second kappa shape index (κ2) is 12.1. The molecular formula is C31H39F3O. The van der Waals surface area contributed by atoms with E-state index in [1.807, 2.05) is 0 Å². The molecule has 2 aliphatic carbocycles. The Balaban J connectivity index is 1.23. The molecule has 35 heavy (non-hydrogen) atoms. The zero-order valence-electron chi connectivity index (χ0n) is 21.2. The first-order chi connectivity index (χ1) is 16.9. The topological polar surface area (TPSA) is 9.23 Å². The third-order valence-corrected chi connectivity index (χ3v) is 8.19. The molecule has 0 heterocycles. The molecule has 0 aromatic heterocycles. The highest BCUT2D eigenvalue weighted by Crippen LogP contribution is 2.40. The van der Waals surface area contributed by atoms with Crippen LogP contribution >= 0.6 is 0 Å². The monoisotopic (exact) mass is 484 g/mol. The fraction of sp³-hybridized carbons (Fsp3) is 0.548. The minimum Gasteiger partial charge on any atom is -0.491 e. The van der Waals surface area contributed by atoms with E-state index in [-0.39, 0.29) is 17.5 Å². The summed E-state index contributed by atoms with van der Waals surface area (Å²) in [5, 5.41) is 0. The summed E-state index contributed by atoms with van der Waals surface area (Å²) in [6, 6.07) is 12.4. The summed E-state index contributed by atoms with van der Waals surface area (Å²) >= 11 is 0. The van der Waals surface area contributed by atoms with E-state index >= 15 is 0 Å². The Hall–Kier alpha value is -2.23. The summed E-state index contributed by atoms with van der Waals surface area (Å²) in [5.74, 6) is 0.0940. The average Bonchev–Trinajstić information content (AvgIpc) is 2.87. The third-order valence-electron chi connectivity index (χ3n) is 8.19. The van der Waals surface area contributed by atoms with Gasteiger partial charge in [0.2, 0.25) is 5.82 Å². The van der Waals surface area contributed by atoms with Gasteiger partial charge in [0.05, 0.1) is 12.4 Å². The van der Waals surface area contributed by atoms with Crippen molar-refractivity contribution in [3.63, 3.8) is 0 Å². The van der Waals surface area contributed by atoms with Gasteiger partial charge in [-0.25, -0.2) is 8.78 Å². The molecule has 2 aromatic rings. The van der Waals surface area contributed by atoms with Crippen LogP contribution in [-0.4, -0.2) is 6.61 Å². The van der Waals surface area contributed by atoms with E-state index in [9.17, 15) is 13.2 Å². The number of allylic oxidation sites excluding steroid dienone is 2. The summed E-state index contributed by atoms with van der Waals surface area (Å²) < 4.78 is 47.2. The smallest absolute Gasteiger partial charge is 0.200 e. The van der Waals surface area contributed by atoms with Crippen molar-refractivity contribution in [3.05, 3.63) is 76.6 Å². The second-order valence-corrected chi connectivity index (χ2v) is 10.6. The van der Waals surface area contributed by atoms with Gasteiger partial charge in [-0.05, 0) is 124 Å². The van der Waals surface area contributed by atoms with Crippen molar-refractivity contribution in [1.29, 1.82) is 0 Å². The fourth-order valence-electron chi connectivity index (χ4n) is 6.16. The standard InChI is InChI=1S/C31H39F3O/c1-3-35-29-19-18-28(30(33)31(29)34)27-16-8-23(9-17-27)5-4-22-6-12-25(13-7-22)26-14-10-24(11-15-26)20-21(2)32/h6-7,12-13,18-20,23-24,26-27H,3-5,8-11,14-17H2,1-2H3/b21-20-. The predicted molar refractivity (Wildman–Crippen MR) is 137 cm³/mol. The molecule has 4 heteroatoms. The molecule has 4 rings (SSSR count). The Kier molecular flexibility index (Phi) is 8.97. The largest absolute Gasteiger partial charge is 0.491 e. The Bertz CT molecular complexity index is 977. The van der Waals surface area contributed by atoms with E-state index in [1.54, 1.807) is 32.1 Å². The molecule has 0 spiro atoms. The Morgan fingerprint density at radius 1 is 0.857 bits per heavy atom. The number of rotatable bonds is 8. The minimum atomic E-state index is -0.852. The molecule has 0 N–H and O–H groups in total. The predicted octanol–water partition coefficient (Wildman–Crippen LogP) is 9.42. The fourth-order valence-corrected chi connectivity index (χ4v) is 6.16. The third kappa shape index (κ3) is 6.71. The van der Waals surface area contributed by atoms with Crippen LogP contribution in [0, 0.1) is 23.5 Å². The molecule has 2 fully saturated rings. The lowest BCUT2D eigenvalue weighted by Crippen LogP contribution is -2.15. The van der Waals surface area contributed by atoms with Crippen molar-refractivity contribution >= 4 is 0 Å². The van der Waals surface area contributed by atoms with Gasteiger partial charge in [0.25, 0.3) is 0 Å². The van der Waals surface area contributed by atoms with E-state index < -0.39 is 11.6 Å². The summed E-state index contributed by atoms with van der Waals surface area (Å²) in [4.78, 5) is 0. The van der Waals surface area contributed by atoms with Crippen LogP contribution in [0.15, 0.2) is 48.3 Å². The van der Waals surface area contributed by atoms with Crippen molar-refractivity contribution in [2.45, 2.75) is 89.9 Å². The molecule has 0 radical (unpaired) electrons. The molecular weight excluding hydrogens is 445 g/mol. The maximum atomic E-state index is 14.6. The van der Waals surface area contributed by atoms with Crippen LogP contribution in [0.2, 0.25) is 0 Å². The average molecular weight is 485 g/mol. The van der Waals surface area contributed by atoms with Gasteiger partial charge >= 0.3 is 0 Å². The van der Waals surface area contributed by atoms with Crippen LogP contribution in [0.4, 0.5) is 13.2 Å². The highest BCUT2D eigenvalue weighted by molar-refractivity contribution is 5.33. The molecule has 0 aliphatic heterocycles. The molecule has 0 unspecified atom stereocenters. The highest BCUT2D eigenvalue weighted by Gasteiger charge is 2.27. The van der Waals surface area contributed by atoms with E-state index in [0.29, 0.717) is 29.9 Å². The number of hydrogen-bond donors (Lipinski definition) is 0. The first-order valence-corrected chi connectivity index (χ1v) is 13.5. The Labute approximate surface area is 208 Å². The number of ether oxygens (including phenoxy) is 1. The molecule has 2 saturated carbocycles. The van der Waals surface area contributed by atoms with Gasteiger partial charge in [-0.3, -0.25) is 0 Å². The summed E-state index contributed by atoms with van der Waals surface area (Å²) in [5.41, 5.74) is 3.29. The van der Waals surface area contributed by atoms with E-state index in [1.165, 1.54) is 11.1 Å². The normalized spacial score (nSPS) is 25.5. The van der Waals surface area contributed by atoms with Gasteiger partial charge in [0, 0.05) is 0 Å². The molecule has 0 atom stereocenters. The number of halogens is 3. The zero-order chi connectivity index (χ0) is 24.8. The van der Waals surface area contributed by atoms with Crippen LogP contribution in [0.3, 0.4) is 0 Å². The second-order valence-electron chi connectivity index (χ2n) is 10.6. The molecule has 0 amide bonds. The van der Waals surface area contributed by atoms with Crippen molar-refractivity contribution in [2.24, 2.45) is 11.8 Å². The molecule has 2 aromatic carbocycles. The lowest BCUT2D eigenvalue weighted by Gasteiger charge is -2.29. The van der Waals surface area contributed by atoms with Gasteiger partial charge in [0.15, 0.2) is 11.6 Å². The van der Waals surface area contributed by atoms with E-state index in [2.05, 4.69) is 24.3 Å². The van der Waals surface area contributed by atoms with Crippen LogP contribution in [0.1, 0.15) is 100 Å². The van der Waals surface area contributed by atoms with Gasteiger partial charge in [0.1, 0.15) is 0 Å². The SMILES string of the molecule is CCOc1ccc(C2CCC(CCc3ccc(C4CCC(/C=C(/C)F)CC4)cc3)CC2)c(F)c1F. The lowest BCUT2D eigenvalue weighted by molar-refractivity contribution is 0.297. The number of benzene rings is 2. The van der Waals surface area contributed by atoms with Gasteiger partial charge in [-0.1, -0.05) is 36.4 Å². The number of aryl methyl sites for hydroxylation is 1. The van der Waals surface area contributed by atoms with Crippen LogP contribution < -0.4 is 4.74 Å². The maximum absolute atomic E-state index is 14.6. The van der Waals surface area contributed by atoms with Crippen molar-refractivity contribution < 1.29 is 17.9 Å². The van der Waals surface area contributed by atoms with Gasteiger partial charge in [-0.15, -0.1) is 0 Å². The van der Waals surface area contributed by atoms with Crippen molar-refractivity contribution in [1.82, 2.24) is 0 Å². The van der Waals surface area contributed by atoms with Crippen molar-refractivity contribution in [2.75, 3.05) is 6.61 Å². The first-order valence-electron chi connectivity index (χ1n) is 13.5. The van der Waals surface area contributed by atoms with E-state index in [0.717, 1.165) is 64.2 Å². The summed E-state index contributed by atoms with van der Waals surface area (Å²) in [7, 11) is 0. The van der Waals surface area contributed by atoms with Crippen LogP contribution in [0.25, 0.3) is 0 Å². The zero-order valence-corrected chi connectivity index (χ0v) is 21.2. The highest BCUT2D eigenvalue weighted by atomic mass is 19.2. The van der Waals surface area contributed by atoms with Crippen LogP contribution in [-0.2, 0) is 6.42 Å². The lowest BCUT2D eigenvalue weighted by atomic mass is 9.76. The minimum absolute atomic E-state index is 0.00479. The Morgan fingerprint density at radius 2 is 1.51 bits per heavy atom. The van der Waals surface area contributed by atoms with E-state index in [4.69, 9.17) is 4.74 Å². The molecule has 2 aliphatic rings. The Morgan fingerprint density at radius 3 is 2.14 bits per heavy atom.